The average molecular weight is 254 g/mol. The Kier molecular flexibility index (Phi) is 8.34. The third-order valence-corrected chi connectivity index (χ3v) is 3.15. The highest BCUT2D eigenvalue weighted by Crippen LogP contribution is 2.29. The van der Waals surface area contributed by atoms with Crippen molar-refractivity contribution in [3.8, 4) is 0 Å². The summed E-state index contributed by atoms with van der Waals surface area (Å²) in [6, 6.07) is 0. The van der Waals surface area contributed by atoms with Crippen LogP contribution in [-0.2, 0) is 14.3 Å². The molecule has 0 aliphatic heterocycles. The van der Waals surface area contributed by atoms with Crippen LogP contribution in [0.4, 0.5) is 0 Å². The van der Waals surface area contributed by atoms with E-state index in [2.05, 4.69) is 20.4 Å². The number of aldehydes is 1. The number of ether oxygens (including phenoxy) is 1. The highest BCUT2D eigenvalue weighted by Gasteiger charge is 2.30. The standard InChI is InChI=1S/C15H26O3/c1-5-7-9-15(11-16,10-8-6-2)12-18-14(17)13(3)4/h11H,3,5-10,12H2,1-2,4H3. The Bertz CT molecular complexity index is 273. The molecule has 0 heterocycles. The summed E-state index contributed by atoms with van der Waals surface area (Å²) in [6.45, 7) is 9.52. The van der Waals surface area contributed by atoms with E-state index in [0.717, 1.165) is 44.8 Å². The lowest BCUT2D eigenvalue weighted by molar-refractivity contribution is -0.144. The number of carbonyl (C=O) groups is 2. The molecule has 0 spiro atoms. The van der Waals surface area contributed by atoms with Crippen molar-refractivity contribution < 1.29 is 14.3 Å². The van der Waals surface area contributed by atoms with E-state index in [1.807, 2.05) is 0 Å². The molecule has 0 fully saturated rings. The molecule has 18 heavy (non-hydrogen) atoms. The monoisotopic (exact) mass is 254 g/mol. The smallest absolute Gasteiger partial charge is 0.333 e. The van der Waals surface area contributed by atoms with Crippen molar-refractivity contribution in [2.75, 3.05) is 6.61 Å². The Labute approximate surface area is 111 Å². The van der Waals surface area contributed by atoms with Crippen LogP contribution in [0.1, 0.15) is 59.3 Å². The van der Waals surface area contributed by atoms with Crippen molar-refractivity contribution in [3.05, 3.63) is 12.2 Å². The van der Waals surface area contributed by atoms with Gasteiger partial charge in [-0.05, 0) is 19.8 Å². The molecule has 0 aliphatic carbocycles. The maximum Gasteiger partial charge on any atom is 0.333 e. The van der Waals surface area contributed by atoms with Gasteiger partial charge in [0.05, 0.1) is 5.41 Å². The van der Waals surface area contributed by atoms with Gasteiger partial charge in [0.25, 0.3) is 0 Å². The second-order valence-corrected chi connectivity index (χ2v) is 5.04. The van der Waals surface area contributed by atoms with Crippen LogP contribution in [0.5, 0.6) is 0 Å². The van der Waals surface area contributed by atoms with Gasteiger partial charge in [-0.25, -0.2) is 4.79 Å². The van der Waals surface area contributed by atoms with Crippen molar-refractivity contribution in [3.63, 3.8) is 0 Å². The Morgan fingerprint density at radius 3 is 2.06 bits per heavy atom. The summed E-state index contributed by atoms with van der Waals surface area (Å²) in [7, 11) is 0. The SMILES string of the molecule is C=C(C)C(=O)OCC(C=O)(CCCC)CCCC. The molecular formula is C15H26O3. The van der Waals surface area contributed by atoms with Gasteiger partial charge in [-0.3, -0.25) is 0 Å². The molecule has 0 saturated carbocycles. The number of hydrogen-bond acceptors (Lipinski definition) is 3. The topological polar surface area (TPSA) is 43.4 Å². The first-order chi connectivity index (χ1) is 8.51. The quantitative estimate of drug-likeness (QED) is 0.339. The molecule has 0 aliphatic rings. The van der Waals surface area contributed by atoms with Crippen molar-refractivity contribution in [1.29, 1.82) is 0 Å². The van der Waals surface area contributed by atoms with Crippen molar-refractivity contribution in [1.82, 2.24) is 0 Å². The molecule has 0 rings (SSSR count). The lowest BCUT2D eigenvalue weighted by Crippen LogP contribution is -2.30. The highest BCUT2D eigenvalue weighted by molar-refractivity contribution is 5.87. The first-order valence-electron chi connectivity index (χ1n) is 6.80. The summed E-state index contributed by atoms with van der Waals surface area (Å²) >= 11 is 0. The zero-order valence-corrected chi connectivity index (χ0v) is 12.0. The van der Waals surface area contributed by atoms with E-state index < -0.39 is 11.4 Å². The van der Waals surface area contributed by atoms with Crippen LogP contribution in [0, 0.1) is 5.41 Å². The van der Waals surface area contributed by atoms with E-state index in [0.29, 0.717) is 5.57 Å². The van der Waals surface area contributed by atoms with Gasteiger partial charge in [0.15, 0.2) is 0 Å². The third kappa shape index (κ3) is 5.99. The van der Waals surface area contributed by atoms with E-state index in [1.54, 1.807) is 6.92 Å². The van der Waals surface area contributed by atoms with Gasteiger partial charge in [-0.15, -0.1) is 0 Å². The number of esters is 1. The molecule has 0 atom stereocenters. The maximum atomic E-state index is 11.4. The summed E-state index contributed by atoms with van der Waals surface area (Å²) in [5, 5.41) is 0. The van der Waals surface area contributed by atoms with Gasteiger partial charge in [0, 0.05) is 5.57 Å². The summed E-state index contributed by atoms with van der Waals surface area (Å²) in [6.07, 6.45) is 6.59. The van der Waals surface area contributed by atoms with Crippen LogP contribution in [0.25, 0.3) is 0 Å². The first kappa shape index (κ1) is 16.9. The van der Waals surface area contributed by atoms with E-state index in [4.69, 9.17) is 4.74 Å². The molecule has 104 valence electrons. The fourth-order valence-electron chi connectivity index (χ4n) is 1.81. The Balaban J connectivity index is 4.55. The molecule has 0 radical (unpaired) electrons. The van der Waals surface area contributed by atoms with Crippen molar-refractivity contribution in [2.24, 2.45) is 5.41 Å². The van der Waals surface area contributed by atoms with Crippen LogP contribution in [0.3, 0.4) is 0 Å². The maximum absolute atomic E-state index is 11.4. The van der Waals surface area contributed by atoms with Crippen LogP contribution in [0.15, 0.2) is 12.2 Å². The normalized spacial score (nSPS) is 11.1. The molecule has 0 saturated heterocycles. The third-order valence-electron chi connectivity index (χ3n) is 3.15. The zero-order valence-electron chi connectivity index (χ0n) is 12.0. The fraction of sp³-hybridized carbons (Fsp3) is 0.733. The Hall–Kier alpha value is -1.12. The molecule has 3 nitrogen and oxygen atoms in total. The summed E-state index contributed by atoms with van der Waals surface area (Å²) in [5.41, 5.74) is -0.127. The second kappa shape index (κ2) is 8.90. The Morgan fingerprint density at radius 2 is 1.72 bits per heavy atom. The van der Waals surface area contributed by atoms with Crippen molar-refractivity contribution >= 4 is 12.3 Å². The minimum atomic E-state index is -0.503. The summed E-state index contributed by atoms with van der Waals surface area (Å²) in [5.74, 6) is -0.408. The predicted octanol–water partition coefficient (Wildman–Crippen LogP) is 3.67. The van der Waals surface area contributed by atoms with Gasteiger partial charge >= 0.3 is 5.97 Å². The highest BCUT2D eigenvalue weighted by atomic mass is 16.5. The molecule has 0 aromatic rings. The molecule has 0 bridgehead atoms. The van der Waals surface area contributed by atoms with Crippen molar-refractivity contribution in [2.45, 2.75) is 59.3 Å². The molecular weight excluding hydrogens is 228 g/mol. The van der Waals surface area contributed by atoms with Crippen LogP contribution < -0.4 is 0 Å². The lowest BCUT2D eigenvalue weighted by Gasteiger charge is -2.27. The van der Waals surface area contributed by atoms with E-state index in [9.17, 15) is 9.59 Å². The van der Waals surface area contributed by atoms with Gasteiger partial charge in [0.2, 0.25) is 0 Å². The average Bonchev–Trinajstić information content (AvgIpc) is 2.38. The zero-order chi connectivity index (χ0) is 14.0. The molecule has 0 aromatic heterocycles. The van der Waals surface area contributed by atoms with Gasteiger partial charge in [-0.2, -0.15) is 0 Å². The Morgan fingerprint density at radius 1 is 1.22 bits per heavy atom. The number of hydrogen-bond donors (Lipinski definition) is 0. The lowest BCUT2D eigenvalue weighted by atomic mass is 9.80. The minimum Gasteiger partial charge on any atom is -0.461 e. The van der Waals surface area contributed by atoms with E-state index in [-0.39, 0.29) is 6.61 Å². The van der Waals surface area contributed by atoms with Crippen LogP contribution >= 0.6 is 0 Å². The molecule has 3 heteroatoms. The molecule has 0 unspecified atom stereocenters. The molecule has 0 N–H and O–H groups in total. The van der Waals surface area contributed by atoms with Crippen LogP contribution in [0.2, 0.25) is 0 Å². The first-order valence-corrected chi connectivity index (χ1v) is 6.80. The van der Waals surface area contributed by atoms with Gasteiger partial charge in [0.1, 0.15) is 12.9 Å². The summed E-state index contributed by atoms with van der Waals surface area (Å²) in [4.78, 5) is 22.8. The predicted molar refractivity (Wildman–Crippen MR) is 73.3 cm³/mol. The van der Waals surface area contributed by atoms with Gasteiger partial charge < -0.3 is 9.53 Å². The minimum absolute atomic E-state index is 0.183. The number of rotatable bonds is 10. The van der Waals surface area contributed by atoms with Crippen LogP contribution in [-0.4, -0.2) is 18.9 Å². The molecule has 0 aromatic carbocycles. The van der Waals surface area contributed by atoms with Gasteiger partial charge in [-0.1, -0.05) is 46.1 Å². The van der Waals surface area contributed by atoms with E-state index >= 15 is 0 Å². The number of unbranched alkanes of at least 4 members (excludes halogenated alkanes) is 2. The fourth-order valence-corrected chi connectivity index (χ4v) is 1.81. The largest absolute Gasteiger partial charge is 0.461 e. The second-order valence-electron chi connectivity index (χ2n) is 5.04. The summed E-state index contributed by atoms with van der Waals surface area (Å²) < 4.78 is 5.18. The number of carbonyl (C=O) groups excluding carboxylic acids is 2. The van der Waals surface area contributed by atoms with E-state index in [1.165, 1.54) is 0 Å². The molecule has 0 amide bonds.